The van der Waals surface area contributed by atoms with Crippen molar-refractivity contribution in [1.82, 2.24) is 24.6 Å². The van der Waals surface area contributed by atoms with Crippen LogP contribution < -0.4 is 0 Å². The van der Waals surface area contributed by atoms with Crippen LogP contribution in [0.2, 0.25) is 0 Å². The van der Waals surface area contributed by atoms with Gasteiger partial charge >= 0.3 is 0 Å². The van der Waals surface area contributed by atoms with Gasteiger partial charge in [0.25, 0.3) is 10.1 Å². The summed E-state index contributed by atoms with van der Waals surface area (Å²) in [5.41, 5.74) is 4.46. The van der Waals surface area contributed by atoms with Gasteiger partial charge in [0.15, 0.2) is 12.1 Å². The summed E-state index contributed by atoms with van der Waals surface area (Å²) in [6, 6.07) is 13.9. The molecule has 3 fully saturated rings. The number of fused-ring (bicyclic) bond motifs is 1. The Morgan fingerprint density at radius 2 is 1.79 bits per heavy atom. The molecule has 7 rings (SSSR count). The number of hydrogen-bond donors (Lipinski definition) is 0. The fourth-order valence-corrected chi connectivity index (χ4v) is 7.02. The number of likely N-dealkylation sites (tertiary alicyclic amines) is 1. The van der Waals surface area contributed by atoms with E-state index in [9.17, 15) is 8.42 Å². The summed E-state index contributed by atoms with van der Waals surface area (Å²) in [4.78, 5) is 11.5. The number of nitrogens with zero attached hydrogens (tertiary/aromatic N) is 5. The summed E-state index contributed by atoms with van der Waals surface area (Å²) in [5.74, 6) is 9.33. The number of piperidine rings is 1. The van der Waals surface area contributed by atoms with E-state index in [1.807, 2.05) is 66.3 Å². The van der Waals surface area contributed by atoms with E-state index in [0.717, 1.165) is 85.7 Å². The third-order valence-corrected chi connectivity index (χ3v) is 9.71. The number of imidazole rings is 1. The molecule has 4 aromatic rings. The SMILES string of the molecule is C[C@H](OC1CCCCO1)c1nccn1Cc1cc(-c2ccc(C#Cc3ccc(CN4CC5C(COS(C)(=O)=O)C5C4)nc3)cc2)on1. The first-order valence-electron chi connectivity index (χ1n) is 16.2. The molecular formula is C35H39N5O6S. The molecule has 12 heteroatoms. The Balaban J connectivity index is 0.895. The molecule has 4 atom stereocenters. The molecule has 11 nitrogen and oxygen atoms in total. The molecule has 47 heavy (non-hydrogen) atoms. The molecule has 3 aromatic heterocycles. The third-order valence-electron chi connectivity index (χ3n) is 9.15. The first kappa shape index (κ1) is 31.7. The molecule has 3 unspecified atom stereocenters. The number of pyridine rings is 1. The van der Waals surface area contributed by atoms with Crippen LogP contribution in [-0.4, -0.2) is 71.9 Å². The molecule has 2 aliphatic heterocycles. The van der Waals surface area contributed by atoms with E-state index in [4.69, 9.17) is 18.2 Å². The predicted molar refractivity (Wildman–Crippen MR) is 173 cm³/mol. The van der Waals surface area contributed by atoms with E-state index >= 15 is 0 Å². The van der Waals surface area contributed by atoms with Crippen LogP contribution >= 0.6 is 0 Å². The van der Waals surface area contributed by atoms with Crippen molar-refractivity contribution >= 4 is 10.1 Å². The normalized spacial score (nSPS) is 23.2. The number of aromatic nitrogens is 4. The van der Waals surface area contributed by atoms with Gasteiger partial charge in [-0.3, -0.25) is 14.1 Å². The van der Waals surface area contributed by atoms with Crippen LogP contribution in [0.1, 0.15) is 60.6 Å². The van der Waals surface area contributed by atoms with Gasteiger partial charge in [0.05, 0.1) is 25.1 Å². The molecule has 1 aromatic carbocycles. The van der Waals surface area contributed by atoms with Gasteiger partial charge in [0.2, 0.25) is 0 Å². The van der Waals surface area contributed by atoms with Crippen molar-refractivity contribution in [2.45, 2.75) is 51.7 Å². The third kappa shape index (κ3) is 8.00. The average Bonchev–Trinajstić information content (AvgIpc) is 3.53. The molecule has 0 bridgehead atoms. The van der Waals surface area contributed by atoms with E-state index in [1.165, 1.54) is 0 Å². The molecule has 3 aliphatic rings. The van der Waals surface area contributed by atoms with Gasteiger partial charge in [-0.2, -0.15) is 8.42 Å². The predicted octanol–water partition coefficient (Wildman–Crippen LogP) is 4.64. The first-order valence-corrected chi connectivity index (χ1v) is 18.0. The molecule has 5 heterocycles. The molecule has 0 amide bonds. The lowest BCUT2D eigenvalue weighted by molar-refractivity contribution is -0.188. The van der Waals surface area contributed by atoms with Gasteiger partial charge < -0.3 is 18.6 Å². The molecule has 1 saturated carbocycles. The van der Waals surface area contributed by atoms with Crippen molar-refractivity contribution in [3.05, 3.63) is 89.4 Å². The van der Waals surface area contributed by atoms with Crippen molar-refractivity contribution in [1.29, 1.82) is 0 Å². The largest absolute Gasteiger partial charge is 0.356 e. The Morgan fingerprint density at radius 3 is 2.51 bits per heavy atom. The molecule has 0 spiro atoms. The maximum atomic E-state index is 11.3. The van der Waals surface area contributed by atoms with Gasteiger partial charge in [-0.15, -0.1) is 0 Å². The molecule has 0 N–H and O–H groups in total. The standard InChI is InChI=1S/C35H39N5O6S/c1-24(45-34-5-3-4-16-43-34)35-36-14-15-40(35)20-29-17-33(46-38-29)27-11-8-25(9-12-27)6-7-26-10-13-28(37-18-26)19-39-21-30-31(22-39)32(30)23-44-47(2,41)42/h8-15,17-18,24,30-32,34H,3-5,16,19-23H2,1-2H3/t24-,30?,31?,32?,34?/m0/s1. The lowest BCUT2D eigenvalue weighted by Crippen LogP contribution is -2.25. The van der Waals surface area contributed by atoms with Crippen molar-refractivity contribution in [3.63, 3.8) is 0 Å². The Labute approximate surface area is 275 Å². The summed E-state index contributed by atoms with van der Waals surface area (Å²) >= 11 is 0. The van der Waals surface area contributed by atoms with Crippen LogP contribution in [0, 0.1) is 29.6 Å². The summed E-state index contributed by atoms with van der Waals surface area (Å²) in [6.45, 7) is 6.25. The quantitative estimate of drug-likeness (QED) is 0.167. The summed E-state index contributed by atoms with van der Waals surface area (Å²) < 4.78 is 47.0. The maximum Gasteiger partial charge on any atom is 0.264 e. The fourth-order valence-electron chi connectivity index (χ4n) is 6.62. The zero-order valence-corrected chi connectivity index (χ0v) is 27.4. The van der Waals surface area contributed by atoms with Crippen LogP contribution in [0.4, 0.5) is 0 Å². The zero-order valence-electron chi connectivity index (χ0n) is 26.6. The minimum atomic E-state index is -3.37. The minimum absolute atomic E-state index is 0.182. The molecule has 2 saturated heterocycles. The van der Waals surface area contributed by atoms with E-state index in [0.29, 0.717) is 36.7 Å². The van der Waals surface area contributed by atoms with Gasteiger partial charge in [-0.05, 0) is 80.3 Å². The summed E-state index contributed by atoms with van der Waals surface area (Å²) in [5, 5.41) is 4.29. The van der Waals surface area contributed by atoms with Gasteiger partial charge in [0.1, 0.15) is 17.6 Å². The Morgan fingerprint density at radius 1 is 1.00 bits per heavy atom. The van der Waals surface area contributed by atoms with Crippen molar-refractivity contribution in [2.24, 2.45) is 17.8 Å². The summed E-state index contributed by atoms with van der Waals surface area (Å²) in [7, 11) is -3.37. The molecular weight excluding hydrogens is 618 g/mol. The van der Waals surface area contributed by atoms with Gasteiger partial charge in [0, 0.05) is 67.6 Å². The van der Waals surface area contributed by atoms with Crippen molar-refractivity contribution < 1.29 is 26.6 Å². The van der Waals surface area contributed by atoms with Crippen molar-refractivity contribution in [2.75, 3.05) is 32.6 Å². The Hall–Kier alpha value is -3.86. The highest BCUT2D eigenvalue weighted by Gasteiger charge is 2.55. The lowest BCUT2D eigenvalue weighted by atomic mass is 10.1. The highest BCUT2D eigenvalue weighted by Crippen LogP contribution is 2.52. The topological polar surface area (TPSA) is 122 Å². The van der Waals surface area contributed by atoms with E-state index in [-0.39, 0.29) is 12.4 Å². The second-order valence-electron chi connectivity index (χ2n) is 12.7. The van der Waals surface area contributed by atoms with E-state index in [2.05, 4.69) is 31.9 Å². The van der Waals surface area contributed by atoms with Crippen LogP contribution in [0.15, 0.2) is 65.6 Å². The van der Waals surface area contributed by atoms with Crippen LogP contribution in [0.5, 0.6) is 0 Å². The smallest absolute Gasteiger partial charge is 0.264 e. The number of ether oxygens (including phenoxy) is 2. The van der Waals surface area contributed by atoms with Crippen molar-refractivity contribution in [3.8, 4) is 23.2 Å². The Kier molecular flexibility index (Phi) is 9.25. The van der Waals surface area contributed by atoms with Gasteiger partial charge in [-0.25, -0.2) is 4.98 Å². The second-order valence-corrected chi connectivity index (χ2v) is 14.4. The first-order chi connectivity index (χ1) is 22.8. The van der Waals surface area contributed by atoms with Gasteiger partial charge in [-0.1, -0.05) is 17.0 Å². The number of rotatable bonds is 11. The monoisotopic (exact) mass is 657 g/mol. The van der Waals surface area contributed by atoms with Crippen LogP contribution in [0.25, 0.3) is 11.3 Å². The molecule has 1 aliphatic carbocycles. The lowest BCUT2D eigenvalue weighted by Gasteiger charge is -2.26. The molecule has 0 radical (unpaired) electrons. The highest BCUT2D eigenvalue weighted by atomic mass is 32.2. The van der Waals surface area contributed by atoms with E-state index < -0.39 is 10.1 Å². The number of benzene rings is 1. The maximum absolute atomic E-state index is 11.3. The fraction of sp³-hybridized carbons (Fsp3) is 0.457. The summed E-state index contributed by atoms with van der Waals surface area (Å²) in [6.07, 6.45) is 9.35. The van der Waals surface area contributed by atoms with E-state index in [1.54, 1.807) is 6.20 Å². The highest BCUT2D eigenvalue weighted by molar-refractivity contribution is 7.85. The molecule has 246 valence electrons. The number of hydrogen-bond acceptors (Lipinski definition) is 10. The minimum Gasteiger partial charge on any atom is -0.356 e. The second kappa shape index (κ2) is 13.7. The van der Waals surface area contributed by atoms with Crippen LogP contribution in [0.3, 0.4) is 0 Å². The zero-order chi connectivity index (χ0) is 32.4. The Bertz CT molecular complexity index is 1820. The average molecular weight is 658 g/mol. The van der Waals surface area contributed by atoms with Crippen LogP contribution in [-0.2, 0) is 36.9 Å².